The van der Waals surface area contributed by atoms with Gasteiger partial charge in [-0.1, -0.05) is 6.07 Å². The van der Waals surface area contributed by atoms with Gasteiger partial charge in [0.2, 0.25) is 5.91 Å². The second-order valence-electron chi connectivity index (χ2n) is 6.31. The summed E-state index contributed by atoms with van der Waals surface area (Å²) in [5.74, 6) is 0.633. The molecule has 0 aliphatic carbocycles. The predicted molar refractivity (Wildman–Crippen MR) is 98.0 cm³/mol. The summed E-state index contributed by atoms with van der Waals surface area (Å²) in [5.41, 5.74) is 4.98. The molecular formula is C19H24N4O2. The summed E-state index contributed by atoms with van der Waals surface area (Å²) >= 11 is 0. The Morgan fingerprint density at radius 3 is 2.84 bits per heavy atom. The van der Waals surface area contributed by atoms with Gasteiger partial charge in [-0.05, 0) is 44.9 Å². The number of nitrogens with one attached hydrogen (secondary N) is 3. The lowest BCUT2D eigenvalue weighted by atomic mass is 9.98. The van der Waals surface area contributed by atoms with Crippen molar-refractivity contribution in [2.75, 3.05) is 13.7 Å². The van der Waals surface area contributed by atoms with Crippen molar-refractivity contribution in [2.24, 2.45) is 0 Å². The van der Waals surface area contributed by atoms with Crippen LogP contribution in [0.25, 0.3) is 10.9 Å². The largest absolute Gasteiger partial charge is 0.496 e. The molecule has 1 unspecified atom stereocenters. The van der Waals surface area contributed by atoms with E-state index in [4.69, 9.17) is 4.74 Å². The van der Waals surface area contributed by atoms with Gasteiger partial charge in [0.15, 0.2) is 0 Å². The number of fused-ring (bicyclic) bond motifs is 1. The molecule has 6 heteroatoms. The molecule has 1 atom stereocenters. The Morgan fingerprint density at radius 2 is 2.16 bits per heavy atom. The number of H-pyrrole nitrogens is 2. The molecule has 0 radical (unpaired) electrons. The number of rotatable bonds is 6. The van der Waals surface area contributed by atoms with Crippen molar-refractivity contribution in [3.05, 3.63) is 46.9 Å². The summed E-state index contributed by atoms with van der Waals surface area (Å²) in [4.78, 5) is 15.7. The predicted octanol–water partition coefficient (Wildman–Crippen LogP) is 2.98. The Hall–Kier alpha value is -2.76. The van der Waals surface area contributed by atoms with Crippen LogP contribution in [0.4, 0.5) is 0 Å². The van der Waals surface area contributed by atoms with Crippen molar-refractivity contribution in [3.8, 4) is 5.75 Å². The van der Waals surface area contributed by atoms with Gasteiger partial charge in [0, 0.05) is 34.9 Å². The van der Waals surface area contributed by atoms with Crippen LogP contribution in [0, 0.1) is 13.8 Å². The monoisotopic (exact) mass is 340 g/mol. The molecule has 0 aliphatic rings. The number of amides is 1. The number of ether oxygens (including phenoxy) is 1. The summed E-state index contributed by atoms with van der Waals surface area (Å²) < 4.78 is 5.45. The Bertz CT molecular complexity index is 875. The van der Waals surface area contributed by atoms with Crippen LogP contribution >= 0.6 is 0 Å². The van der Waals surface area contributed by atoms with E-state index in [0.29, 0.717) is 6.54 Å². The molecule has 2 heterocycles. The molecule has 0 saturated carbocycles. The van der Waals surface area contributed by atoms with Crippen LogP contribution in [0.5, 0.6) is 5.75 Å². The fourth-order valence-corrected chi connectivity index (χ4v) is 3.39. The van der Waals surface area contributed by atoms with E-state index in [-0.39, 0.29) is 11.8 Å². The van der Waals surface area contributed by atoms with Gasteiger partial charge in [0.25, 0.3) is 0 Å². The fraction of sp³-hybridized carbons (Fsp3) is 0.368. The number of aromatic amines is 2. The Morgan fingerprint density at radius 1 is 1.36 bits per heavy atom. The highest BCUT2D eigenvalue weighted by atomic mass is 16.5. The Labute approximate surface area is 147 Å². The summed E-state index contributed by atoms with van der Waals surface area (Å²) in [7, 11) is 1.67. The normalized spacial score (nSPS) is 12.3. The van der Waals surface area contributed by atoms with E-state index in [0.717, 1.165) is 45.6 Å². The maximum atomic E-state index is 12.5. The number of methoxy groups -OCH3 is 1. The van der Waals surface area contributed by atoms with Crippen LogP contribution in [0.15, 0.2) is 24.4 Å². The summed E-state index contributed by atoms with van der Waals surface area (Å²) in [5, 5.41) is 11.2. The van der Waals surface area contributed by atoms with Gasteiger partial charge in [-0.15, -0.1) is 0 Å². The first-order valence-electron chi connectivity index (χ1n) is 8.45. The molecule has 0 spiro atoms. The fourth-order valence-electron chi connectivity index (χ4n) is 3.39. The molecule has 1 aromatic carbocycles. The number of carbonyl (C=O) groups excluding carboxylic acids is 1. The number of hydrogen-bond acceptors (Lipinski definition) is 3. The zero-order valence-corrected chi connectivity index (χ0v) is 15.1. The minimum atomic E-state index is -0.226. The van der Waals surface area contributed by atoms with Crippen molar-refractivity contribution in [1.82, 2.24) is 20.5 Å². The molecular weight excluding hydrogens is 316 g/mol. The zero-order chi connectivity index (χ0) is 18.0. The van der Waals surface area contributed by atoms with Gasteiger partial charge in [-0.3, -0.25) is 9.89 Å². The molecule has 2 aromatic heterocycles. The van der Waals surface area contributed by atoms with Crippen LogP contribution < -0.4 is 10.1 Å². The average Bonchev–Trinajstić information content (AvgIpc) is 3.17. The zero-order valence-electron chi connectivity index (χ0n) is 15.1. The third-order valence-corrected chi connectivity index (χ3v) is 4.67. The molecule has 132 valence electrons. The van der Waals surface area contributed by atoms with Crippen LogP contribution in [0.3, 0.4) is 0 Å². The van der Waals surface area contributed by atoms with Crippen LogP contribution in [-0.2, 0) is 11.2 Å². The lowest BCUT2D eigenvalue weighted by Gasteiger charge is -2.13. The van der Waals surface area contributed by atoms with Gasteiger partial charge < -0.3 is 15.0 Å². The van der Waals surface area contributed by atoms with E-state index in [1.807, 2.05) is 45.2 Å². The van der Waals surface area contributed by atoms with Gasteiger partial charge in [0.1, 0.15) is 5.75 Å². The lowest BCUT2D eigenvalue weighted by molar-refractivity contribution is -0.122. The molecule has 6 nitrogen and oxygen atoms in total. The van der Waals surface area contributed by atoms with Crippen molar-refractivity contribution >= 4 is 16.8 Å². The van der Waals surface area contributed by atoms with Crippen LogP contribution in [0.1, 0.15) is 35.4 Å². The quantitative estimate of drug-likeness (QED) is 0.645. The highest BCUT2D eigenvalue weighted by Gasteiger charge is 2.21. The molecule has 25 heavy (non-hydrogen) atoms. The average molecular weight is 340 g/mol. The summed E-state index contributed by atoms with van der Waals surface area (Å²) in [6.07, 6.45) is 2.72. The first-order chi connectivity index (χ1) is 12.0. The number of carbonyl (C=O) groups is 1. The minimum Gasteiger partial charge on any atom is -0.496 e. The number of hydrogen-bond donors (Lipinski definition) is 3. The first kappa shape index (κ1) is 17.1. The topological polar surface area (TPSA) is 82.8 Å². The number of benzene rings is 1. The minimum absolute atomic E-state index is 0.0133. The van der Waals surface area contributed by atoms with E-state index in [2.05, 4.69) is 20.5 Å². The van der Waals surface area contributed by atoms with E-state index in [1.165, 1.54) is 0 Å². The third-order valence-electron chi connectivity index (χ3n) is 4.67. The van der Waals surface area contributed by atoms with E-state index < -0.39 is 0 Å². The third kappa shape index (κ3) is 3.24. The molecule has 1 amide bonds. The lowest BCUT2D eigenvalue weighted by Crippen LogP contribution is -2.30. The Balaban J connectivity index is 1.66. The second kappa shape index (κ2) is 7.01. The summed E-state index contributed by atoms with van der Waals surface area (Å²) in [6.45, 7) is 6.34. The standard InChI is InChI=1S/C19H24N4O2/c1-11(17-12(2)22-23-13(17)3)19(24)20-9-8-14-10-21-15-6-5-7-16(25-4)18(14)15/h5-7,10-11,21H,8-9H2,1-4H3,(H,20,24)(H,22,23). The van der Waals surface area contributed by atoms with E-state index in [1.54, 1.807) is 7.11 Å². The Kier molecular flexibility index (Phi) is 4.79. The van der Waals surface area contributed by atoms with E-state index in [9.17, 15) is 4.79 Å². The van der Waals surface area contributed by atoms with Crippen LogP contribution in [-0.4, -0.2) is 34.7 Å². The molecule has 3 aromatic rings. The van der Waals surface area contributed by atoms with Gasteiger partial charge in [0.05, 0.1) is 18.7 Å². The van der Waals surface area contributed by atoms with Gasteiger partial charge in [-0.25, -0.2) is 0 Å². The van der Waals surface area contributed by atoms with Crippen LogP contribution in [0.2, 0.25) is 0 Å². The number of nitrogens with zero attached hydrogens (tertiary/aromatic N) is 1. The van der Waals surface area contributed by atoms with Crippen molar-refractivity contribution in [2.45, 2.75) is 33.1 Å². The molecule has 3 N–H and O–H groups in total. The summed E-state index contributed by atoms with van der Waals surface area (Å²) in [6, 6.07) is 5.93. The van der Waals surface area contributed by atoms with Gasteiger partial charge >= 0.3 is 0 Å². The number of aromatic nitrogens is 3. The van der Waals surface area contributed by atoms with Crippen molar-refractivity contribution < 1.29 is 9.53 Å². The first-order valence-corrected chi connectivity index (χ1v) is 8.45. The molecule has 0 fully saturated rings. The molecule has 3 rings (SSSR count). The highest BCUT2D eigenvalue weighted by molar-refractivity contribution is 5.89. The molecule has 0 saturated heterocycles. The SMILES string of the molecule is COc1cccc2[nH]cc(CCNC(=O)C(C)c3c(C)n[nH]c3C)c12. The second-order valence-corrected chi connectivity index (χ2v) is 6.31. The van der Waals surface area contributed by atoms with Crippen molar-refractivity contribution in [1.29, 1.82) is 0 Å². The van der Waals surface area contributed by atoms with Gasteiger partial charge in [-0.2, -0.15) is 5.10 Å². The van der Waals surface area contributed by atoms with Crippen molar-refractivity contribution in [3.63, 3.8) is 0 Å². The van der Waals surface area contributed by atoms with E-state index >= 15 is 0 Å². The maximum absolute atomic E-state index is 12.5. The smallest absolute Gasteiger partial charge is 0.227 e. The molecule has 0 aliphatic heterocycles. The maximum Gasteiger partial charge on any atom is 0.227 e. The highest BCUT2D eigenvalue weighted by Crippen LogP contribution is 2.28. The molecule has 0 bridgehead atoms. The number of aryl methyl sites for hydroxylation is 2.